The van der Waals surface area contributed by atoms with Gasteiger partial charge in [-0.3, -0.25) is 10.1 Å². The van der Waals surface area contributed by atoms with Crippen LogP contribution in [0, 0.1) is 21.4 Å². The number of phenols is 1. The summed E-state index contributed by atoms with van der Waals surface area (Å²) in [5, 5.41) is 28.9. The number of ether oxygens (including phenoxy) is 1. The minimum absolute atomic E-state index is 0.00574. The molecule has 2 aromatic rings. The number of phenolic OH excluding ortho intramolecular Hbond substituents is 1. The van der Waals surface area contributed by atoms with Gasteiger partial charge in [0.25, 0.3) is 0 Å². The summed E-state index contributed by atoms with van der Waals surface area (Å²) in [5.74, 6) is 0.274. The lowest BCUT2D eigenvalue weighted by atomic mass is 10.2. The quantitative estimate of drug-likeness (QED) is 0.672. The molecule has 0 saturated heterocycles. The van der Waals surface area contributed by atoms with Crippen molar-refractivity contribution in [2.24, 2.45) is 0 Å². The normalized spacial score (nSPS) is 9.63. The van der Waals surface area contributed by atoms with Crippen LogP contribution in [0.2, 0.25) is 0 Å². The van der Waals surface area contributed by atoms with Crippen LogP contribution in [-0.4, -0.2) is 10.0 Å². The molecule has 6 heteroatoms. The van der Waals surface area contributed by atoms with E-state index in [9.17, 15) is 15.2 Å². The molecule has 0 bridgehead atoms. The van der Waals surface area contributed by atoms with Gasteiger partial charge in [-0.1, -0.05) is 6.07 Å². The second-order valence-corrected chi connectivity index (χ2v) is 3.65. The van der Waals surface area contributed by atoms with Gasteiger partial charge in [0.05, 0.1) is 16.6 Å². The average Bonchev–Trinajstić information content (AvgIpc) is 2.39. The van der Waals surface area contributed by atoms with Crippen molar-refractivity contribution >= 4 is 5.69 Å². The summed E-state index contributed by atoms with van der Waals surface area (Å²) in [4.78, 5) is 10.3. The van der Waals surface area contributed by atoms with Crippen LogP contribution in [0.4, 0.5) is 5.69 Å². The molecule has 2 aromatic carbocycles. The molecule has 0 spiro atoms. The van der Waals surface area contributed by atoms with E-state index in [1.807, 2.05) is 6.07 Å². The maximum atomic E-state index is 10.9. The highest BCUT2D eigenvalue weighted by Gasteiger charge is 2.16. The minimum atomic E-state index is -0.626. The van der Waals surface area contributed by atoms with E-state index < -0.39 is 4.92 Å². The monoisotopic (exact) mass is 256 g/mol. The van der Waals surface area contributed by atoms with Crippen molar-refractivity contribution in [1.29, 1.82) is 5.26 Å². The van der Waals surface area contributed by atoms with E-state index in [-0.39, 0.29) is 28.5 Å². The molecule has 0 aromatic heterocycles. The highest BCUT2D eigenvalue weighted by Crippen LogP contribution is 2.32. The lowest BCUT2D eigenvalue weighted by Crippen LogP contribution is -1.94. The third-order valence-corrected chi connectivity index (χ3v) is 2.33. The Labute approximate surface area is 108 Å². The van der Waals surface area contributed by atoms with Gasteiger partial charge < -0.3 is 9.84 Å². The second kappa shape index (κ2) is 5.06. The Morgan fingerprint density at radius 3 is 2.68 bits per heavy atom. The highest BCUT2D eigenvalue weighted by atomic mass is 16.6. The average molecular weight is 256 g/mol. The number of benzene rings is 2. The molecule has 0 aliphatic carbocycles. The van der Waals surface area contributed by atoms with Gasteiger partial charge in [0.15, 0.2) is 0 Å². The number of rotatable bonds is 3. The van der Waals surface area contributed by atoms with E-state index in [0.717, 1.165) is 6.07 Å². The Morgan fingerprint density at radius 2 is 2.05 bits per heavy atom. The summed E-state index contributed by atoms with van der Waals surface area (Å²) in [7, 11) is 0. The molecule has 1 N–H and O–H groups in total. The minimum Gasteiger partial charge on any atom is -0.508 e. The lowest BCUT2D eigenvalue weighted by molar-refractivity contribution is -0.385. The number of aromatic hydroxyl groups is 1. The lowest BCUT2D eigenvalue weighted by Gasteiger charge is -2.06. The molecule has 0 saturated carbocycles. The fourth-order valence-corrected chi connectivity index (χ4v) is 1.49. The topological polar surface area (TPSA) is 96.4 Å². The first-order chi connectivity index (χ1) is 9.10. The SMILES string of the molecule is N#Cc1ccc(Oc2cccc(O)c2)c([N+](=O)[O-])c1. The van der Waals surface area contributed by atoms with Crippen LogP contribution >= 0.6 is 0 Å². The van der Waals surface area contributed by atoms with Crippen LogP contribution in [0.5, 0.6) is 17.2 Å². The third-order valence-electron chi connectivity index (χ3n) is 2.33. The molecule has 19 heavy (non-hydrogen) atoms. The summed E-state index contributed by atoms with van der Waals surface area (Å²) < 4.78 is 5.34. The molecule has 0 aliphatic rings. The zero-order valence-electron chi connectivity index (χ0n) is 9.61. The third kappa shape index (κ3) is 2.79. The van der Waals surface area contributed by atoms with Gasteiger partial charge in [0, 0.05) is 12.1 Å². The molecular formula is C13H8N2O4. The first-order valence-corrected chi connectivity index (χ1v) is 5.25. The second-order valence-electron chi connectivity index (χ2n) is 3.65. The molecule has 2 rings (SSSR count). The molecule has 94 valence electrons. The summed E-state index contributed by atoms with van der Waals surface area (Å²) in [5.41, 5.74) is -0.127. The van der Waals surface area contributed by atoms with Gasteiger partial charge in [-0.2, -0.15) is 5.26 Å². The summed E-state index contributed by atoms with van der Waals surface area (Å²) in [6.07, 6.45) is 0. The fraction of sp³-hybridized carbons (Fsp3) is 0. The van der Waals surface area contributed by atoms with Crippen LogP contribution in [0.15, 0.2) is 42.5 Å². The Bertz CT molecular complexity index is 677. The number of nitrogens with zero attached hydrogens (tertiary/aromatic N) is 2. The van der Waals surface area contributed by atoms with Crippen molar-refractivity contribution in [3.63, 3.8) is 0 Å². The zero-order chi connectivity index (χ0) is 13.8. The van der Waals surface area contributed by atoms with Gasteiger partial charge in [-0.15, -0.1) is 0 Å². The van der Waals surface area contributed by atoms with Crippen molar-refractivity contribution < 1.29 is 14.8 Å². The number of hydrogen-bond acceptors (Lipinski definition) is 5. The van der Waals surface area contributed by atoms with Crippen LogP contribution in [0.25, 0.3) is 0 Å². The Kier molecular flexibility index (Phi) is 3.30. The van der Waals surface area contributed by atoms with Crippen molar-refractivity contribution in [3.8, 4) is 23.3 Å². The van der Waals surface area contributed by atoms with Crippen LogP contribution in [-0.2, 0) is 0 Å². The maximum Gasteiger partial charge on any atom is 0.312 e. The van der Waals surface area contributed by atoms with E-state index in [4.69, 9.17) is 10.00 Å². The fourth-order valence-electron chi connectivity index (χ4n) is 1.49. The van der Waals surface area contributed by atoms with Crippen LogP contribution in [0.3, 0.4) is 0 Å². The molecular weight excluding hydrogens is 248 g/mol. The largest absolute Gasteiger partial charge is 0.508 e. The van der Waals surface area contributed by atoms with Crippen LogP contribution in [0.1, 0.15) is 5.56 Å². The smallest absolute Gasteiger partial charge is 0.312 e. The van der Waals surface area contributed by atoms with Gasteiger partial charge >= 0.3 is 5.69 Å². The summed E-state index contributed by atoms with van der Waals surface area (Å²) in [6.45, 7) is 0. The van der Waals surface area contributed by atoms with Gasteiger partial charge in [0.2, 0.25) is 5.75 Å². The van der Waals surface area contributed by atoms with Crippen molar-refractivity contribution in [2.45, 2.75) is 0 Å². The van der Waals surface area contributed by atoms with E-state index >= 15 is 0 Å². The molecule has 0 fully saturated rings. The molecule has 0 atom stereocenters. The Morgan fingerprint density at radius 1 is 1.26 bits per heavy atom. The molecule has 6 nitrogen and oxygen atoms in total. The first-order valence-electron chi connectivity index (χ1n) is 5.25. The highest BCUT2D eigenvalue weighted by molar-refractivity contribution is 5.53. The molecule has 0 unspecified atom stereocenters. The first kappa shape index (κ1) is 12.4. The van der Waals surface area contributed by atoms with Crippen molar-refractivity contribution in [1.82, 2.24) is 0 Å². The maximum absolute atomic E-state index is 10.9. The summed E-state index contributed by atoms with van der Waals surface area (Å²) in [6, 6.07) is 11.6. The molecule has 0 radical (unpaired) electrons. The van der Waals surface area contributed by atoms with E-state index in [2.05, 4.69) is 0 Å². The standard InChI is InChI=1S/C13H8N2O4/c14-8-9-4-5-13(12(6-9)15(17)18)19-11-3-1-2-10(16)7-11/h1-7,16H. The zero-order valence-corrected chi connectivity index (χ0v) is 9.61. The molecule has 0 aliphatic heterocycles. The predicted molar refractivity (Wildman–Crippen MR) is 66.0 cm³/mol. The van der Waals surface area contributed by atoms with Crippen molar-refractivity contribution in [3.05, 3.63) is 58.1 Å². The van der Waals surface area contributed by atoms with E-state index in [0.29, 0.717) is 0 Å². The molecule has 0 amide bonds. The molecule has 0 heterocycles. The Balaban J connectivity index is 2.40. The van der Waals surface area contributed by atoms with E-state index in [1.54, 1.807) is 12.1 Å². The number of hydrogen-bond donors (Lipinski definition) is 1. The summed E-state index contributed by atoms with van der Waals surface area (Å²) >= 11 is 0. The predicted octanol–water partition coefficient (Wildman–Crippen LogP) is 2.96. The van der Waals surface area contributed by atoms with Gasteiger partial charge in [-0.25, -0.2) is 0 Å². The van der Waals surface area contributed by atoms with Gasteiger partial charge in [-0.05, 0) is 24.3 Å². The number of nitro benzene ring substituents is 1. The van der Waals surface area contributed by atoms with Gasteiger partial charge in [0.1, 0.15) is 11.5 Å². The number of nitriles is 1. The van der Waals surface area contributed by atoms with Crippen molar-refractivity contribution in [2.75, 3.05) is 0 Å². The number of nitro groups is 1. The van der Waals surface area contributed by atoms with Crippen LogP contribution < -0.4 is 4.74 Å². The Hall–Kier alpha value is -3.07. The van der Waals surface area contributed by atoms with E-state index in [1.165, 1.54) is 24.3 Å².